The van der Waals surface area contributed by atoms with Crippen molar-refractivity contribution in [3.8, 4) is 0 Å². The van der Waals surface area contributed by atoms with Crippen LogP contribution in [-0.2, 0) is 11.8 Å². The van der Waals surface area contributed by atoms with Crippen LogP contribution in [0.25, 0.3) is 0 Å². The zero-order valence-corrected chi connectivity index (χ0v) is 18.4. The number of rotatable bonds is 5. The van der Waals surface area contributed by atoms with Gasteiger partial charge in [0.15, 0.2) is 6.29 Å². The van der Waals surface area contributed by atoms with Gasteiger partial charge < -0.3 is 20.7 Å². The molecule has 4 rings (SSSR count). The first-order valence-corrected chi connectivity index (χ1v) is 10.7. The molecule has 1 fully saturated rings. The molecule has 2 aliphatic heterocycles. The number of aromatic nitrogens is 2. The number of nitrogens with zero attached hydrogens (tertiary/aromatic N) is 3. The summed E-state index contributed by atoms with van der Waals surface area (Å²) in [7, 11) is 1.77. The average Bonchev–Trinajstić information content (AvgIpc) is 2.99. The fourth-order valence-corrected chi connectivity index (χ4v) is 4.06. The molecule has 1 atom stereocenters. The summed E-state index contributed by atoms with van der Waals surface area (Å²) in [5.41, 5.74) is 3.15. The number of aliphatic imine (C=N–C) groups is 1. The summed E-state index contributed by atoms with van der Waals surface area (Å²) in [6.45, 7) is 7.14. The normalized spacial score (nSPS) is 18.5. The number of anilines is 2. The van der Waals surface area contributed by atoms with E-state index in [2.05, 4.69) is 20.9 Å². The van der Waals surface area contributed by atoms with Gasteiger partial charge in [-0.3, -0.25) is 13.9 Å². The minimum absolute atomic E-state index is 0.0480. The van der Waals surface area contributed by atoms with E-state index in [1.165, 1.54) is 0 Å². The standard InChI is InChI=1S/C22H30N6O3/c1-13(2)24-20(29)15-5-6-17(14(3)11-15)25-21-23-12-18-19(26-21)28(22(30)27(18)4)16-7-9-31-10-8-16/h5-6,11-13,16,21,25-26H,7-10H2,1-4H3,(H,24,29). The first-order chi connectivity index (χ1) is 14.8. The minimum Gasteiger partial charge on any atom is -0.381 e. The van der Waals surface area contributed by atoms with Gasteiger partial charge in [0.25, 0.3) is 5.91 Å². The summed E-state index contributed by atoms with van der Waals surface area (Å²) in [6, 6.07) is 5.73. The zero-order chi connectivity index (χ0) is 22.1. The first-order valence-electron chi connectivity index (χ1n) is 10.7. The van der Waals surface area contributed by atoms with E-state index in [0.29, 0.717) is 18.8 Å². The highest BCUT2D eigenvalue weighted by Crippen LogP contribution is 2.28. The van der Waals surface area contributed by atoms with Crippen LogP contribution in [-0.4, -0.2) is 46.8 Å². The number of imidazole rings is 1. The van der Waals surface area contributed by atoms with Crippen molar-refractivity contribution >= 4 is 23.6 Å². The molecule has 3 heterocycles. The van der Waals surface area contributed by atoms with Crippen LogP contribution in [0.1, 0.15) is 54.3 Å². The number of benzene rings is 1. The lowest BCUT2D eigenvalue weighted by Crippen LogP contribution is -2.34. The SMILES string of the molecule is Cc1cc(C(=O)NC(C)C)ccc1NC1N=Cc2c(n(C3CCOCC3)c(=O)n2C)N1. The molecule has 9 heteroatoms. The van der Waals surface area contributed by atoms with Gasteiger partial charge in [0.1, 0.15) is 11.5 Å². The van der Waals surface area contributed by atoms with E-state index >= 15 is 0 Å². The van der Waals surface area contributed by atoms with Crippen LogP contribution >= 0.6 is 0 Å². The lowest BCUT2D eigenvalue weighted by Gasteiger charge is -2.28. The third-order valence-corrected chi connectivity index (χ3v) is 5.71. The topological polar surface area (TPSA) is 102 Å². The number of amides is 1. The maximum absolute atomic E-state index is 12.9. The van der Waals surface area contributed by atoms with E-state index in [1.54, 1.807) is 23.9 Å². The third kappa shape index (κ3) is 4.23. The van der Waals surface area contributed by atoms with Gasteiger partial charge in [-0.2, -0.15) is 0 Å². The second-order valence-corrected chi connectivity index (χ2v) is 8.42. The second-order valence-electron chi connectivity index (χ2n) is 8.42. The Morgan fingerprint density at radius 1 is 1.29 bits per heavy atom. The third-order valence-electron chi connectivity index (χ3n) is 5.71. The maximum atomic E-state index is 12.9. The monoisotopic (exact) mass is 426 g/mol. The number of ether oxygens (including phenoxy) is 1. The highest BCUT2D eigenvalue weighted by Gasteiger charge is 2.28. The van der Waals surface area contributed by atoms with E-state index in [4.69, 9.17) is 4.74 Å². The number of carbonyl (C=O) groups is 1. The molecule has 0 spiro atoms. The van der Waals surface area contributed by atoms with E-state index in [1.807, 2.05) is 37.5 Å². The Morgan fingerprint density at radius 2 is 2.03 bits per heavy atom. The van der Waals surface area contributed by atoms with Crippen molar-refractivity contribution in [2.24, 2.45) is 12.0 Å². The van der Waals surface area contributed by atoms with Gasteiger partial charge in [-0.25, -0.2) is 9.79 Å². The molecule has 0 radical (unpaired) electrons. The molecule has 2 aromatic rings. The predicted octanol–water partition coefficient (Wildman–Crippen LogP) is 2.23. The number of carbonyl (C=O) groups excluding carboxylic acids is 1. The Kier molecular flexibility index (Phi) is 5.86. The molecule has 1 aromatic heterocycles. The second kappa shape index (κ2) is 8.58. The number of hydrogen-bond donors (Lipinski definition) is 3. The summed E-state index contributed by atoms with van der Waals surface area (Å²) >= 11 is 0. The van der Waals surface area contributed by atoms with Crippen LogP contribution in [0.15, 0.2) is 28.0 Å². The van der Waals surface area contributed by atoms with E-state index < -0.39 is 6.29 Å². The van der Waals surface area contributed by atoms with Crippen LogP contribution in [0.3, 0.4) is 0 Å². The molecule has 1 amide bonds. The summed E-state index contributed by atoms with van der Waals surface area (Å²) in [6.07, 6.45) is 2.94. The highest BCUT2D eigenvalue weighted by atomic mass is 16.5. The van der Waals surface area contributed by atoms with Crippen LogP contribution in [0.2, 0.25) is 0 Å². The van der Waals surface area contributed by atoms with E-state index in [0.717, 1.165) is 35.6 Å². The van der Waals surface area contributed by atoms with E-state index in [-0.39, 0.29) is 23.7 Å². The number of nitrogens with one attached hydrogen (secondary N) is 3. The Balaban J connectivity index is 1.54. The Morgan fingerprint density at radius 3 is 2.71 bits per heavy atom. The van der Waals surface area contributed by atoms with Crippen molar-refractivity contribution in [2.75, 3.05) is 23.8 Å². The molecular formula is C22H30N6O3. The largest absolute Gasteiger partial charge is 0.381 e. The first kappa shape index (κ1) is 21.2. The quantitative estimate of drug-likeness (QED) is 0.681. The zero-order valence-electron chi connectivity index (χ0n) is 18.4. The van der Waals surface area contributed by atoms with Crippen molar-refractivity contribution in [1.29, 1.82) is 0 Å². The molecule has 1 aromatic carbocycles. The van der Waals surface area contributed by atoms with Crippen molar-refractivity contribution < 1.29 is 9.53 Å². The van der Waals surface area contributed by atoms with Gasteiger partial charge in [0.05, 0.1) is 6.21 Å². The lowest BCUT2D eigenvalue weighted by atomic mass is 10.1. The summed E-state index contributed by atoms with van der Waals surface area (Å²) in [4.78, 5) is 29.7. The van der Waals surface area contributed by atoms with E-state index in [9.17, 15) is 9.59 Å². The molecule has 0 bridgehead atoms. The van der Waals surface area contributed by atoms with Crippen LogP contribution in [0.4, 0.5) is 11.5 Å². The van der Waals surface area contributed by atoms with Gasteiger partial charge in [-0.05, 0) is 57.4 Å². The number of aryl methyl sites for hydroxylation is 1. The van der Waals surface area contributed by atoms with Crippen molar-refractivity contribution in [3.63, 3.8) is 0 Å². The summed E-state index contributed by atoms with van der Waals surface area (Å²) < 4.78 is 8.93. The molecule has 3 N–H and O–H groups in total. The molecule has 2 aliphatic rings. The molecular weight excluding hydrogens is 396 g/mol. The Labute approximate surface area is 181 Å². The van der Waals surface area contributed by atoms with Gasteiger partial charge >= 0.3 is 5.69 Å². The van der Waals surface area contributed by atoms with Gasteiger partial charge in [-0.15, -0.1) is 0 Å². The van der Waals surface area contributed by atoms with Gasteiger partial charge in [-0.1, -0.05) is 0 Å². The molecule has 31 heavy (non-hydrogen) atoms. The number of hydrogen-bond acceptors (Lipinski definition) is 6. The molecule has 0 aliphatic carbocycles. The minimum atomic E-state index is -0.422. The molecule has 0 saturated carbocycles. The molecule has 1 unspecified atom stereocenters. The fraction of sp³-hybridized carbons (Fsp3) is 0.500. The number of fused-ring (bicyclic) bond motifs is 1. The average molecular weight is 427 g/mol. The van der Waals surface area contributed by atoms with Crippen molar-refractivity contribution in [3.05, 3.63) is 45.5 Å². The maximum Gasteiger partial charge on any atom is 0.330 e. The summed E-state index contributed by atoms with van der Waals surface area (Å²) in [5, 5.41) is 9.65. The van der Waals surface area contributed by atoms with Crippen molar-refractivity contribution in [1.82, 2.24) is 14.5 Å². The highest BCUT2D eigenvalue weighted by molar-refractivity contribution is 5.95. The van der Waals surface area contributed by atoms with Crippen LogP contribution in [0.5, 0.6) is 0 Å². The molecule has 9 nitrogen and oxygen atoms in total. The van der Waals surface area contributed by atoms with Crippen molar-refractivity contribution in [2.45, 2.75) is 52.0 Å². The van der Waals surface area contributed by atoms with Gasteiger partial charge in [0, 0.05) is 43.6 Å². The Hall–Kier alpha value is -3.07. The summed E-state index contributed by atoms with van der Waals surface area (Å²) in [5.74, 6) is 0.686. The smallest absolute Gasteiger partial charge is 0.330 e. The van der Waals surface area contributed by atoms with Gasteiger partial charge in [0.2, 0.25) is 0 Å². The molecule has 166 valence electrons. The lowest BCUT2D eigenvalue weighted by molar-refractivity contribution is 0.0690. The van der Waals surface area contributed by atoms with Crippen LogP contribution in [0, 0.1) is 6.92 Å². The Bertz CT molecular complexity index is 1060. The fourth-order valence-electron chi connectivity index (χ4n) is 4.06. The molecule has 1 saturated heterocycles. The predicted molar refractivity (Wildman–Crippen MR) is 121 cm³/mol. The van der Waals surface area contributed by atoms with Crippen LogP contribution < -0.4 is 21.6 Å².